The number of hydrogen-bond acceptors (Lipinski definition) is 3. The first kappa shape index (κ1) is 23.7. The molecule has 0 aromatic heterocycles. The predicted octanol–water partition coefficient (Wildman–Crippen LogP) is 4.86. The van der Waals surface area contributed by atoms with Gasteiger partial charge in [-0.25, -0.2) is 4.99 Å². The first-order valence-corrected chi connectivity index (χ1v) is 8.35. The summed E-state index contributed by atoms with van der Waals surface area (Å²) in [7, 11) is 1.39. The highest BCUT2D eigenvalue weighted by Crippen LogP contribution is 2.31. The largest absolute Gasteiger partial charge is 0.483 e. The van der Waals surface area contributed by atoms with E-state index in [1.807, 2.05) is 6.92 Å². The summed E-state index contributed by atoms with van der Waals surface area (Å²) >= 11 is 0. The van der Waals surface area contributed by atoms with Crippen molar-refractivity contribution in [3.05, 3.63) is 46.7 Å². The average molecular weight is 372 g/mol. The zero-order chi connectivity index (χ0) is 20.2. The highest BCUT2D eigenvalue weighted by Gasteiger charge is 2.32. The second-order valence-electron chi connectivity index (χ2n) is 5.36. The topological polar surface area (TPSA) is 50.7 Å². The number of halogens is 3. The third-order valence-corrected chi connectivity index (χ3v) is 3.43. The number of carbonyl (C=O) groups is 1. The van der Waals surface area contributed by atoms with E-state index in [-0.39, 0.29) is 18.9 Å². The van der Waals surface area contributed by atoms with Gasteiger partial charge in [0.05, 0.1) is 24.9 Å². The van der Waals surface area contributed by atoms with Gasteiger partial charge < -0.3 is 10.1 Å². The van der Waals surface area contributed by atoms with E-state index in [2.05, 4.69) is 10.3 Å². The summed E-state index contributed by atoms with van der Waals surface area (Å²) in [5.74, 6) is 0.198. The summed E-state index contributed by atoms with van der Waals surface area (Å²) in [6.45, 7) is 7.10. The fourth-order valence-electron chi connectivity index (χ4n) is 2.00. The van der Waals surface area contributed by atoms with Gasteiger partial charge in [-0.3, -0.25) is 4.79 Å². The Labute approximate surface area is 153 Å². The molecule has 0 heterocycles. The molecule has 0 aliphatic carbocycles. The molecule has 0 radical (unpaired) electrons. The molecule has 0 rings (SSSR count). The van der Waals surface area contributed by atoms with E-state index in [4.69, 9.17) is 4.74 Å². The Bertz CT molecular complexity index is 613. The standard InChI is InChI=1S/C19H27F3N2O2/c1-6-9-15(11-16(10-7-2)19(20,21)22)18(14(4)8-3)24-17(26-5)12-23-13-25/h6,9-11,13H,7-8,12H2,1-5H3,(H,23,25)/b9-6-,15-11+,16-10-,18-14?,24-17?. The zero-order valence-corrected chi connectivity index (χ0v) is 15.9. The predicted molar refractivity (Wildman–Crippen MR) is 98.8 cm³/mol. The number of allylic oxidation sites excluding steroid dienone is 6. The van der Waals surface area contributed by atoms with Crippen LogP contribution < -0.4 is 5.32 Å². The van der Waals surface area contributed by atoms with Gasteiger partial charge in [-0.15, -0.1) is 0 Å². The number of carbonyl (C=O) groups excluding carboxylic acids is 1. The fourth-order valence-corrected chi connectivity index (χ4v) is 2.00. The number of methoxy groups -OCH3 is 1. The molecule has 0 saturated carbocycles. The van der Waals surface area contributed by atoms with Gasteiger partial charge in [0.2, 0.25) is 12.3 Å². The summed E-state index contributed by atoms with van der Waals surface area (Å²) in [5.41, 5.74) is 0.786. The maximum Gasteiger partial charge on any atom is 0.416 e. The molecule has 0 aromatic carbocycles. The number of aliphatic imine (C=N–C) groups is 1. The van der Waals surface area contributed by atoms with E-state index in [0.717, 1.165) is 17.7 Å². The van der Waals surface area contributed by atoms with E-state index >= 15 is 0 Å². The van der Waals surface area contributed by atoms with Crippen molar-refractivity contribution in [1.29, 1.82) is 0 Å². The van der Waals surface area contributed by atoms with E-state index < -0.39 is 11.7 Å². The Morgan fingerprint density at radius 1 is 1.27 bits per heavy atom. The first-order chi connectivity index (χ1) is 12.2. The van der Waals surface area contributed by atoms with Crippen LogP contribution in [0.5, 0.6) is 0 Å². The van der Waals surface area contributed by atoms with Crippen molar-refractivity contribution in [3.8, 4) is 0 Å². The van der Waals surface area contributed by atoms with Gasteiger partial charge in [0.1, 0.15) is 0 Å². The van der Waals surface area contributed by atoms with Crippen molar-refractivity contribution in [3.63, 3.8) is 0 Å². The molecular weight excluding hydrogens is 345 g/mol. The second-order valence-corrected chi connectivity index (χ2v) is 5.36. The summed E-state index contributed by atoms with van der Waals surface area (Å²) in [6.07, 6.45) is 2.36. The zero-order valence-electron chi connectivity index (χ0n) is 15.9. The maximum absolute atomic E-state index is 13.3. The molecule has 1 N–H and O–H groups in total. The molecule has 0 saturated heterocycles. The summed E-state index contributed by atoms with van der Waals surface area (Å²) in [5, 5.41) is 2.43. The number of amides is 1. The van der Waals surface area contributed by atoms with Crippen LogP contribution in [0, 0.1) is 0 Å². The Morgan fingerprint density at radius 2 is 1.92 bits per heavy atom. The molecular formula is C19H27F3N2O2. The van der Waals surface area contributed by atoms with Crippen molar-refractivity contribution in [1.82, 2.24) is 5.32 Å². The molecule has 0 fully saturated rings. The third kappa shape index (κ3) is 8.18. The Kier molecular flexibility index (Phi) is 11.0. The van der Waals surface area contributed by atoms with Gasteiger partial charge in [-0.05, 0) is 38.3 Å². The molecule has 1 amide bonds. The number of nitrogens with zero attached hydrogens (tertiary/aromatic N) is 1. The van der Waals surface area contributed by atoms with Crippen molar-refractivity contribution in [2.24, 2.45) is 4.99 Å². The molecule has 0 unspecified atom stereocenters. The lowest BCUT2D eigenvalue weighted by Gasteiger charge is -2.14. The van der Waals surface area contributed by atoms with Crippen LogP contribution >= 0.6 is 0 Å². The number of nitrogens with one attached hydrogen (secondary N) is 1. The molecule has 0 aliphatic heterocycles. The molecule has 7 heteroatoms. The molecule has 0 aliphatic rings. The highest BCUT2D eigenvalue weighted by atomic mass is 19.4. The molecule has 0 aromatic rings. The van der Waals surface area contributed by atoms with Crippen LogP contribution in [0.25, 0.3) is 0 Å². The minimum absolute atomic E-state index is 0.0422. The van der Waals surface area contributed by atoms with Crippen molar-refractivity contribution in [2.75, 3.05) is 13.7 Å². The van der Waals surface area contributed by atoms with Crippen LogP contribution in [0.4, 0.5) is 13.2 Å². The van der Waals surface area contributed by atoms with Crippen LogP contribution in [0.2, 0.25) is 0 Å². The molecule has 26 heavy (non-hydrogen) atoms. The van der Waals surface area contributed by atoms with E-state index in [9.17, 15) is 18.0 Å². The van der Waals surface area contributed by atoms with Crippen LogP contribution in [-0.2, 0) is 9.53 Å². The fraction of sp³-hybridized carbons (Fsp3) is 0.474. The SMILES string of the molecule is C\C=C/C(=C\C(=C\CC)C(F)(F)F)C(N=C(CNC=O)OC)=C(C)CC. The van der Waals surface area contributed by atoms with Crippen LogP contribution in [0.3, 0.4) is 0 Å². The van der Waals surface area contributed by atoms with Crippen LogP contribution in [-0.4, -0.2) is 32.1 Å². The number of alkyl halides is 3. The lowest BCUT2D eigenvalue weighted by molar-refractivity contribution is -0.109. The Hall–Kier alpha value is -2.31. The van der Waals surface area contributed by atoms with Crippen LogP contribution in [0.15, 0.2) is 51.7 Å². The van der Waals surface area contributed by atoms with Crippen molar-refractivity contribution >= 4 is 12.3 Å². The van der Waals surface area contributed by atoms with Gasteiger partial charge in [-0.1, -0.05) is 32.1 Å². The normalized spacial score (nSPS) is 15.2. The summed E-state index contributed by atoms with van der Waals surface area (Å²) in [6, 6.07) is 0. The van der Waals surface area contributed by atoms with E-state index in [1.54, 1.807) is 32.9 Å². The lowest BCUT2D eigenvalue weighted by atomic mass is 10.0. The van der Waals surface area contributed by atoms with Gasteiger partial charge in [0.15, 0.2) is 0 Å². The van der Waals surface area contributed by atoms with Gasteiger partial charge in [0, 0.05) is 5.57 Å². The quantitative estimate of drug-likeness (QED) is 0.272. The van der Waals surface area contributed by atoms with E-state index in [1.165, 1.54) is 7.11 Å². The second kappa shape index (κ2) is 12.1. The maximum atomic E-state index is 13.3. The molecule has 4 nitrogen and oxygen atoms in total. The summed E-state index contributed by atoms with van der Waals surface area (Å²) < 4.78 is 45.0. The van der Waals surface area contributed by atoms with E-state index in [0.29, 0.717) is 24.1 Å². The third-order valence-electron chi connectivity index (χ3n) is 3.43. The van der Waals surface area contributed by atoms with Gasteiger partial charge in [0.25, 0.3) is 0 Å². The molecule has 0 atom stereocenters. The first-order valence-electron chi connectivity index (χ1n) is 8.35. The summed E-state index contributed by atoms with van der Waals surface area (Å²) in [4.78, 5) is 14.8. The van der Waals surface area contributed by atoms with Gasteiger partial charge in [-0.2, -0.15) is 13.2 Å². The number of ether oxygens (including phenoxy) is 1. The van der Waals surface area contributed by atoms with Gasteiger partial charge >= 0.3 is 6.18 Å². The monoisotopic (exact) mass is 372 g/mol. The molecule has 0 bridgehead atoms. The number of hydrogen-bond donors (Lipinski definition) is 1. The van der Waals surface area contributed by atoms with Crippen molar-refractivity contribution in [2.45, 2.75) is 46.7 Å². The minimum Gasteiger partial charge on any atom is -0.483 e. The Balaban J connectivity index is 6.39. The lowest BCUT2D eigenvalue weighted by Crippen LogP contribution is -2.23. The molecule has 0 spiro atoms. The van der Waals surface area contributed by atoms with Crippen LogP contribution in [0.1, 0.15) is 40.5 Å². The average Bonchev–Trinajstić information content (AvgIpc) is 2.59. The smallest absolute Gasteiger partial charge is 0.416 e. The van der Waals surface area contributed by atoms with Crippen molar-refractivity contribution < 1.29 is 22.7 Å². The minimum atomic E-state index is -4.46. The number of rotatable bonds is 9. The Morgan fingerprint density at radius 3 is 2.35 bits per heavy atom. The highest BCUT2D eigenvalue weighted by molar-refractivity contribution is 5.81. The molecule has 146 valence electrons.